The Hall–Kier alpha value is -3.35. The lowest BCUT2D eigenvalue weighted by Crippen LogP contribution is -2.30. The lowest BCUT2D eigenvalue weighted by atomic mass is 10.1. The molecule has 1 aromatic heterocycles. The first-order chi connectivity index (χ1) is 12.5. The zero-order chi connectivity index (χ0) is 18.7. The Labute approximate surface area is 150 Å². The van der Waals surface area contributed by atoms with Gasteiger partial charge >= 0.3 is 12.0 Å². The molecule has 1 N–H and O–H groups in total. The molecule has 3 amide bonds. The smallest absolute Gasteiger partial charge is 0.373 e. The predicted molar refractivity (Wildman–Crippen MR) is 92.9 cm³/mol. The Morgan fingerprint density at radius 1 is 1.19 bits per heavy atom. The number of carbonyl (C=O) groups is 3. The highest BCUT2D eigenvalue weighted by atomic mass is 16.5. The summed E-state index contributed by atoms with van der Waals surface area (Å²) in [5.41, 5.74) is 2.20. The molecular weight excluding hydrogens is 336 g/mol. The number of hydrogen-bond donors (Lipinski definition) is 1. The van der Waals surface area contributed by atoms with E-state index in [-0.39, 0.29) is 18.0 Å². The van der Waals surface area contributed by atoms with E-state index >= 15 is 0 Å². The molecule has 0 radical (unpaired) electrons. The maximum absolute atomic E-state index is 12.5. The molecule has 2 heterocycles. The number of hydrogen-bond acceptors (Lipinski definition) is 5. The standard InChI is InChI=1S/C19H18N2O5/c1-3-12-4-6-13(7-5-12)10-15-17(22)21(19(24)20-15)11-14-8-9-16(26-14)18(23)25-2/h4-10H,3,11H2,1-2H3,(H,20,24). The van der Waals surface area contributed by atoms with Gasteiger partial charge in [0.1, 0.15) is 11.5 Å². The van der Waals surface area contributed by atoms with Gasteiger partial charge in [0.05, 0.1) is 13.7 Å². The summed E-state index contributed by atoms with van der Waals surface area (Å²) in [6, 6.07) is 10.2. The van der Waals surface area contributed by atoms with Gasteiger partial charge in [0.2, 0.25) is 5.76 Å². The first-order valence-corrected chi connectivity index (χ1v) is 8.12. The van der Waals surface area contributed by atoms with E-state index in [1.807, 2.05) is 24.3 Å². The minimum atomic E-state index is -0.621. The minimum absolute atomic E-state index is 0.0151. The first-order valence-electron chi connectivity index (χ1n) is 8.12. The van der Waals surface area contributed by atoms with Crippen molar-refractivity contribution in [3.63, 3.8) is 0 Å². The topological polar surface area (TPSA) is 88.8 Å². The monoisotopic (exact) mass is 354 g/mol. The van der Waals surface area contributed by atoms with Crippen molar-refractivity contribution in [1.82, 2.24) is 10.2 Å². The summed E-state index contributed by atoms with van der Waals surface area (Å²) in [5, 5.41) is 2.56. The maximum Gasteiger partial charge on any atom is 0.373 e. The molecule has 7 heteroatoms. The number of rotatable bonds is 5. The van der Waals surface area contributed by atoms with E-state index in [1.54, 1.807) is 6.08 Å². The molecule has 0 saturated carbocycles. The van der Waals surface area contributed by atoms with Gasteiger partial charge in [-0.15, -0.1) is 0 Å². The number of carbonyl (C=O) groups excluding carboxylic acids is 3. The Balaban J connectivity index is 1.75. The van der Waals surface area contributed by atoms with Crippen LogP contribution in [0.1, 0.15) is 34.4 Å². The number of furan rings is 1. The molecule has 3 rings (SSSR count). The third-order valence-electron chi connectivity index (χ3n) is 4.02. The molecule has 1 fully saturated rings. The number of amides is 3. The number of nitrogens with one attached hydrogen (secondary N) is 1. The van der Waals surface area contributed by atoms with Crippen molar-refractivity contribution < 1.29 is 23.5 Å². The average molecular weight is 354 g/mol. The van der Waals surface area contributed by atoms with Crippen LogP contribution in [0, 0.1) is 0 Å². The highest BCUT2D eigenvalue weighted by molar-refractivity contribution is 6.13. The number of aryl methyl sites for hydroxylation is 1. The second-order valence-corrected chi connectivity index (χ2v) is 5.73. The summed E-state index contributed by atoms with van der Waals surface area (Å²) >= 11 is 0. The summed E-state index contributed by atoms with van der Waals surface area (Å²) in [6.45, 7) is 1.99. The summed E-state index contributed by atoms with van der Waals surface area (Å²) in [4.78, 5) is 37.0. The summed E-state index contributed by atoms with van der Waals surface area (Å²) in [6.07, 6.45) is 2.55. The van der Waals surface area contributed by atoms with Crippen LogP contribution in [-0.2, 0) is 22.5 Å². The number of nitrogens with zero attached hydrogens (tertiary/aromatic N) is 1. The number of esters is 1. The van der Waals surface area contributed by atoms with E-state index in [4.69, 9.17) is 4.42 Å². The zero-order valence-corrected chi connectivity index (χ0v) is 14.4. The Kier molecular flexibility index (Phi) is 4.88. The molecule has 0 bridgehead atoms. The largest absolute Gasteiger partial charge is 0.463 e. The van der Waals surface area contributed by atoms with Crippen LogP contribution < -0.4 is 5.32 Å². The maximum atomic E-state index is 12.5. The van der Waals surface area contributed by atoms with Crippen molar-refractivity contribution >= 4 is 24.0 Å². The molecule has 0 spiro atoms. The van der Waals surface area contributed by atoms with Gasteiger partial charge < -0.3 is 14.5 Å². The molecule has 1 aromatic carbocycles. The van der Waals surface area contributed by atoms with Crippen LogP contribution in [0.5, 0.6) is 0 Å². The number of ether oxygens (including phenoxy) is 1. The van der Waals surface area contributed by atoms with E-state index in [0.717, 1.165) is 16.9 Å². The number of urea groups is 1. The third-order valence-corrected chi connectivity index (χ3v) is 4.02. The van der Waals surface area contributed by atoms with Crippen LogP contribution in [0.4, 0.5) is 4.79 Å². The van der Waals surface area contributed by atoms with Crippen molar-refractivity contribution in [2.75, 3.05) is 7.11 Å². The fourth-order valence-corrected chi connectivity index (χ4v) is 2.56. The lowest BCUT2D eigenvalue weighted by Gasteiger charge is -2.09. The molecule has 0 aliphatic carbocycles. The molecule has 1 aliphatic rings. The van der Waals surface area contributed by atoms with Gasteiger partial charge in [-0.1, -0.05) is 31.2 Å². The van der Waals surface area contributed by atoms with Gasteiger partial charge in [0.25, 0.3) is 5.91 Å². The molecular formula is C19H18N2O5. The van der Waals surface area contributed by atoms with Gasteiger partial charge in [-0.3, -0.25) is 9.69 Å². The first kappa shape index (κ1) is 17.5. The molecule has 1 saturated heterocycles. The normalized spacial score (nSPS) is 15.5. The van der Waals surface area contributed by atoms with Crippen LogP contribution in [-0.4, -0.2) is 29.9 Å². The molecule has 2 aromatic rings. The minimum Gasteiger partial charge on any atom is -0.463 e. The zero-order valence-electron chi connectivity index (χ0n) is 14.4. The second kappa shape index (κ2) is 7.26. The highest BCUT2D eigenvalue weighted by Crippen LogP contribution is 2.19. The van der Waals surface area contributed by atoms with Gasteiger partial charge in [0, 0.05) is 0 Å². The quantitative estimate of drug-likeness (QED) is 0.507. The predicted octanol–water partition coefficient (Wildman–Crippen LogP) is 2.72. The van der Waals surface area contributed by atoms with Gasteiger partial charge in [0.15, 0.2) is 0 Å². The fourth-order valence-electron chi connectivity index (χ4n) is 2.56. The fraction of sp³-hybridized carbons (Fsp3) is 0.211. The second-order valence-electron chi connectivity index (χ2n) is 5.73. The third kappa shape index (κ3) is 3.51. The number of methoxy groups -OCH3 is 1. The van der Waals surface area contributed by atoms with E-state index in [1.165, 1.54) is 24.8 Å². The van der Waals surface area contributed by atoms with Crippen LogP contribution in [0.3, 0.4) is 0 Å². The highest BCUT2D eigenvalue weighted by Gasteiger charge is 2.34. The van der Waals surface area contributed by atoms with Crippen molar-refractivity contribution in [3.05, 3.63) is 64.7 Å². The van der Waals surface area contributed by atoms with Crippen LogP contribution in [0.25, 0.3) is 6.08 Å². The Bertz CT molecular complexity index is 880. The number of benzene rings is 1. The number of imide groups is 1. The van der Waals surface area contributed by atoms with Crippen molar-refractivity contribution in [1.29, 1.82) is 0 Å². The van der Waals surface area contributed by atoms with E-state index in [9.17, 15) is 14.4 Å². The molecule has 26 heavy (non-hydrogen) atoms. The van der Waals surface area contributed by atoms with E-state index in [2.05, 4.69) is 17.0 Å². The lowest BCUT2D eigenvalue weighted by molar-refractivity contribution is -0.123. The molecule has 134 valence electrons. The van der Waals surface area contributed by atoms with Gasteiger partial charge in [-0.25, -0.2) is 9.59 Å². The van der Waals surface area contributed by atoms with Crippen molar-refractivity contribution in [2.45, 2.75) is 19.9 Å². The molecule has 0 unspecified atom stereocenters. The van der Waals surface area contributed by atoms with Crippen molar-refractivity contribution in [3.8, 4) is 0 Å². The summed E-state index contributed by atoms with van der Waals surface area (Å²) in [5.74, 6) is -0.751. The van der Waals surface area contributed by atoms with Gasteiger partial charge in [-0.05, 0) is 35.8 Å². The summed E-state index contributed by atoms with van der Waals surface area (Å²) in [7, 11) is 1.24. The summed E-state index contributed by atoms with van der Waals surface area (Å²) < 4.78 is 9.87. The molecule has 0 atom stereocenters. The van der Waals surface area contributed by atoms with Crippen molar-refractivity contribution in [2.24, 2.45) is 0 Å². The van der Waals surface area contributed by atoms with Gasteiger partial charge in [-0.2, -0.15) is 0 Å². The SMILES string of the molecule is CCc1ccc(C=C2NC(=O)N(Cc3ccc(C(=O)OC)o3)C2=O)cc1. The molecule has 7 nitrogen and oxygen atoms in total. The van der Waals surface area contributed by atoms with Crippen LogP contribution >= 0.6 is 0 Å². The Morgan fingerprint density at radius 2 is 1.92 bits per heavy atom. The van der Waals surface area contributed by atoms with Crippen LogP contribution in [0.2, 0.25) is 0 Å². The average Bonchev–Trinajstić information content (AvgIpc) is 3.22. The van der Waals surface area contributed by atoms with E-state index < -0.39 is 17.9 Å². The van der Waals surface area contributed by atoms with Crippen LogP contribution in [0.15, 0.2) is 46.5 Å². The molecule has 1 aliphatic heterocycles. The van der Waals surface area contributed by atoms with E-state index in [0.29, 0.717) is 5.76 Å². The Morgan fingerprint density at radius 3 is 2.58 bits per heavy atom.